The van der Waals surface area contributed by atoms with Crippen LogP contribution in [0.25, 0.3) is 22.6 Å². The van der Waals surface area contributed by atoms with E-state index in [1.54, 1.807) is 25.1 Å². The summed E-state index contributed by atoms with van der Waals surface area (Å²) in [6, 6.07) is 9.54. The lowest BCUT2D eigenvalue weighted by Crippen LogP contribution is -2.48. The number of nitrogens with one attached hydrogen (secondary N) is 2. The average Bonchev–Trinajstić information content (AvgIpc) is 3.25. The topological polar surface area (TPSA) is 152 Å². The summed E-state index contributed by atoms with van der Waals surface area (Å²) in [5.41, 5.74) is 7.05. The highest BCUT2D eigenvalue weighted by Gasteiger charge is 2.40. The number of hydrogen-bond acceptors (Lipinski definition) is 8. The van der Waals surface area contributed by atoms with Gasteiger partial charge < -0.3 is 25.5 Å². The molecule has 0 radical (unpaired) electrons. The number of rotatable bonds is 6. The highest BCUT2D eigenvalue weighted by Crippen LogP contribution is 2.35. The van der Waals surface area contributed by atoms with Gasteiger partial charge in [0.15, 0.2) is 5.82 Å². The number of amides is 1. The molecule has 11 heteroatoms. The number of carbonyl (C=O) groups excluding carboxylic acids is 1. The van der Waals surface area contributed by atoms with Gasteiger partial charge in [0.05, 0.1) is 48.2 Å². The Morgan fingerprint density at radius 1 is 1.30 bits per heavy atom. The number of aromatic amines is 1. The van der Waals surface area contributed by atoms with Crippen molar-refractivity contribution in [1.82, 2.24) is 25.3 Å². The van der Waals surface area contributed by atoms with Crippen LogP contribution in [-0.4, -0.2) is 45.6 Å². The minimum Gasteiger partial charge on any atom is -0.368 e. The third-order valence-electron chi connectivity index (χ3n) is 5.17. The van der Waals surface area contributed by atoms with Gasteiger partial charge in [0, 0.05) is 18.3 Å². The minimum absolute atomic E-state index is 0.0945. The van der Waals surface area contributed by atoms with E-state index in [4.69, 9.17) is 20.5 Å². The van der Waals surface area contributed by atoms with Crippen LogP contribution in [0.5, 0.6) is 0 Å². The summed E-state index contributed by atoms with van der Waals surface area (Å²) in [4.78, 5) is 28.4. The van der Waals surface area contributed by atoms with Crippen molar-refractivity contribution in [2.75, 3.05) is 25.5 Å². The average molecular weight is 451 g/mol. The standard InChI is InChI=1S/C22H22FN7O3/c1-22(20(31)26-9-2-8-24)11-32-19(33-12-22)18-29-16(13-3-5-14(23)6-4-13)17(30-18)15-7-10-27-21(25)28-15/h3-7,10,19H,2,9,11-12H2,1H3,(H,26,31)(H,29,30)(H2,25,27,28). The minimum atomic E-state index is -0.901. The molecule has 1 aliphatic heterocycles. The van der Waals surface area contributed by atoms with Crippen LogP contribution in [0.4, 0.5) is 10.3 Å². The maximum absolute atomic E-state index is 13.5. The zero-order chi connectivity index (χ0) is 23.4. The number of H-pyrrole nitrogens is 1. The van der Waals surface area contributed by atoms with Crippen LogP contribution in [0, 0.1) is 22.6 Å². The number of carbonyl (C=O) groups is 1. The van der Waals surface area contributed by atoms with Crippen molar-refractivity contribution >= 4 is 11.9 Å². The first-order valence-corrected chi connectivity index (χ1v) is 10.2. The summed E-state index contributed by atoms with van der Waals surface area (Å²) in [6.45, 7) is 2.18. The lowest BCUT2D eigenvalue weighted by molar-refractivity contribution is -0.231. The van der Waals surface area contributed by atoms with Gasteiger partial charge in [-0.2, -0.15) is 5.26 Å². The van der Waals surface area contributed by atoms with Crippen LogP contribution in [0.1, 0.15) is 25.5 Å². The van der Waals surface area contributed by atoms with Gasteiger partial charge in [-0.05, 0) is 37.3 Å². The fraction of sp³-hybridized carbons (Fsp3) is 0.318. The number of hydrogen-bond donors (Lipinski definition) is 3. The number of halogens is 1. The lowest BCUT2D eigenvalue weighted by atomic mass is 9.91. The number of imidazole rings is 1. The molecular weight excluding hydrogens is 429 g/mol. The quantitative estimate of drug-likeness (QED) is 0.483. The third kappa shape index (κ3) is 4.82. The zero-order valence-electron chi connectivity index (χ0n) is 17.8. The summed E-state index contributed by atoms with van der Waals surface area (Å²) in [6.07, 6.45) is 0.898. The van der Waals surface area contributed by atoms with E-state index in [2.05, 4.69) is 25.3 Å². The predicted octanol–water partition coefficient (Wildman–Crippen LogP) is 2.34. The van der Waals surface area contributed by atoms with Crippen molar-refractivity contribution in [2.45, 2.75) is 19.6 Å². The molecule has 0 bridgehead atoms. The van der Waals surface area contributed by atoms with Crippen LogP contribution in [0.3, 0.4) is 0 Å². The van der Waals surface area contributed by atoms with Gasteiger partial charge in [-0.1, -0.05) is 0 Å². The van der Waals surface area contributed by atoms with Gasteiger partial charge in [-0.3, -0.25) is 4.79 Å². The monoisotopic (exact) mass is 451 g/mol. The Morgan fingerprint density at radius 2 is 2.03 bits per heavy atom. The molecule has 3 aromatic rings. The third-order valence-corrected chi connectivity index (χ3v) is 5.17. The van der Waals surface area contributed by atoms with E-state index in [1.165, 1.54) is 18.3 Å². The normalized spacial score (nSPS) is 20.2. The van der Waals surface area contributed by atoms with E-state index < -0.39 is 11.7 Å². The molecule has 4 N–H and O–H groups in total. The molecule has 0 spiro atoms. The molecule has 170 valence electrons. The van der Waals surface area contributed by atoms with Gasteiger partial charge >= 0.3 is 0 Å². The molecule has 10 nitrogen and oxygen atoms in total. The maximum atomic E-state index is 13.5. The number of anilines is 1. The predicted molar refractivity (Wildman–Crippen MR) is 115 cm³/mol. The Bertz CT molecular complexity index is 1180. The van der Waals surface area contributed by atoms with Crippen LogP contribution in [0.15, 0.2) is 36.5 Å². The summed E-state index contributed by atoms with van der Waals surface area (Å²) in [5, 5.41) is 11.4. The Labute approximate surface area is 189 Å². The van der Waals surface area contributed by atoms with Gasteiger partial charge in [0.1, 0.15) is 5.82 Å². The number of benzene rings is 1. The van der Waals surface area contributed by atoms with E-state index in [-0.39, 0.29) is 43.9 Å². The Hall–Kier alpha value is -3.88. The zero-order valence-corrected chi connectivity index (χ0v) is 17.8. The second-order valence-electron chi connectivity index (χ2n) is 7.83. The van der Waals surface area contributed by atoms with Gasteiger partial charge in [-0.25, -0.2) is 19.3 Å². The highest BCUT2D eigenvalue weighted by atomic mass is 19.1. The molecule has 33 heavy (non-hydrogen) atoms. The number of nitrogens with zero attached hydrogens (tertiary/aromatic N) is 4. The molecule has 4 rings (SSSR count). The Balaban J connectivity index is 1.59. The smallest absolute Gasteiger partial charge is 0.230 e. The second kappa shape index (κ2) is 9.32. The summed E-state index contributed by atoms with van der Waals surface area (Å²) in [7, 11) is 0. The van der Waals surface area contributed by atoms with Gasteiger partial charge in [0.25, 0.3) is 0 Å². The number of nitrogen functional groups attached to an aromatic ring is 1. The largest absolute Gasteiger partial charge is 0.368 e. The first kappa shape index (κ1) is 22.3. The van der Waals surface area contributed by atoms with Crippen LogP contribution < -0.4 is 11.1 Å². The molecular formula is C22H22FN7O3. The van der Waals surface area contributed by atoms with E-state index in [0.29, 0.717) is 28.5 Å². The number of nitrogens with two attached hydrogens (primary N) is 1. The number of ether oxygens (including phenoxy) is 2. The van der Waals surface area contributed by atoms with Crippen LogP contribution in [-0.2, 0) is 14.3 Å². The summed E-state index contributed by atoms with van der Waals surface area (Å²) in [5.74, 6) is -0.154. The molecule has 1 aromatic carbocycles. The fourth-order valence-corrected chi connectivity index (χ4v) is 3.36. The molecule has 0 atom stereocenters. The summed E-state index contributed by atoms with van der Waals surface area (Å²) < 4.78 is 25.1. The molecule has 3 heterocycles. The molecule has 1 saturated heterocycles. The van der Waals surface area contributed by atoms with Gasteiger partial charge in [-0.15, -0.1) is 0 Å². The maximum Gasteiger partial charge on any atom is 0.230 e. The van der Waals surface area contributed by atoms with E-state index >= 15 is 0 Å². The van der Waals surface area contributed by atoms with Crippen molar-refractivity contribution in [2.24, 2.45) is 5.41 Å². The first-order chi connectivity index (χ1) is 15.9. The molecule has 1 aliphatic rings. The van der Waals surface area contributed by atoms with E-state index in [0.717, 1.165) is 0 Å². The van der Waals surface area contributed by atoms with Crippen molar-refractivity contribution in [3.63, 3.8) is 0 Å². The number of nitriles is 1. The van der Waals surface area contributed by atoms with E-state index in [9.17, 15) is 9.18 Å². The SMILES string of the molecule is CC1(C(=O)NCCC#N)COC(c2nc(-c3ccc(F)cc3)c(-c3ccnc(N)n3)[nH]2)OC1. The van der Waals surface area contributed by atoms with Crippen molar-refractivity contribution in [3.05, 3.63) is 48.2 Å². The van der Waals surface area contributed by atoms with Crippen molar-refractivity contribution < 1.29 is 18.7 Å². The fourth-order valence-electron chi connectivity index (χ4n) is 3.36. The Morgan fingerprint density at radius 3 is 2.70 bits per heavy atom. The molecule has 1 fully saturated rings. The van der Waals surface area contributed by atoms with Crippen LogP contribution >= 0.6 is 0 Å². The Kier molecular flexibility index (Phi) is 6.30. The van der Waals surface area contributed by atoms with Crippen LogP contribution in [0.2, 0.25) is 0 Å². The molecule has 0 aliphatic carbocycles. The molecule has 2 aromatic heterocycles. The summed E-state index contributed by atoms with van der Waals surface area (Å²) >= 11 is 0. The first-order valence-electron chi connectivity index (χ1n) is 10.2. The second-order valence-corrected chi connectivity index (χ2v) is 7.83. The van der Waals surface area contributed by atoms with Crippen molar-refractivity contribution in [3.8, 4) is 28.7 Å². The molecule has 0 unspecified atom stereocenters. The highest BCUT2D eigenvalue weighted by molar-refractivity contribution is 5.82. The van der Waals surface area contributed by atoms with Crippen molar-refractivity contribution in [1.29, 1.82) is 5.26 Å². The lowest BCUT2D eigenvalue weighted by Gasteiger charge is -2.35. The van der Waals surface area contributed by atoms with Gasteiger partial charge in [0.2, 0.25) is 18.1 Å². The number of aromatic nitrogens is 4. The molecule has 1 amide bonds. The van der Waals surface area contributed by atoms with E-state index in [1.807, 2.05) is 6.07 Å². The molecule has 0 saturated carbocycles.